The van der Waals surface area contributed by atoms with Crippen LogP contribution in [0.2, 0.25) is 0 Å². The number of carboxylic acid groups (broad SMARTS) is 1. The first-order chi connectivity index (χ1) is 8.20. The zero-order valence-corrected chi connectivity index (χ0v) is 10.1. The van der Waals surface area contributed by atoms with Crippen molar-refractivity contribution in [1.29, 1.82) is 0 Å². The summed E-state index contributed by atoms with van der Waals surface area (Å²) in [4.78, 5) is 23.7. The monoisotopic (exact) mass is 267 g/mol. The lowest BCUT2D eigenvalue weighted by Crippen LogP contribution is -2.50. The van der Waals surface area contributed by atoms with Gasteiger partial charge in [-0.25, -0.2) is 0 Å². The first-order valence-electron chi connectivity index (χ1n) is 5.78. The summed E-state index contributed by atoms with van der Waals surface area (Å²) < 4.78 is 36.4. The van der Waals surface area contributed by atoms with E-state index in [4.69, 9.17) is 5.11 Å². The van der Waals surface area contributed by atoms with Crippen LogP contribution in [0.1, 0.15) is 32.6 Å². The van der Waals surface area contributed by atoms with Gasteiger partial charge >= 0.3 is 12.1 Å². The lowest BCUT2D eigenvalue weighted by Gasteiger charge is -2.39. The SMILES string of the molecule is CCC1(C(=O)O)CCCN(C(=O)CC(F)(F)F)C1. The Labute approximate surface area is 103 Å². The average Bonchev–Trinajstić information content (AvgIpc) is 2.26. The smallest absolute Gasteiger partial charge is 0.397 e. The molecular formula is C11H16F3NO3. The van der Waals surface area contributed by atoms with Crippen LogP contribution in [0.3, 0.4) is 0 Å². The number of carbonyl (C=O) groups is 2. The number of aliphatic carboxylic acids is 1. The largest absolute Gasteiger partial charge is 0.481 e. The second kappa shape index (κ2) is 5.16. The Balaban J connectivity index is 2.75. The zero-order chi connectivity index (χ0) is 14.0. The van der Waals surface area contributed by atoms with Crippen LogP contribution in [-0.2, 0) is 9.59 Å². The van der Waals surface area contributed by atoms with Gasteiger partial charge < -0.3 is 10.0 Å². The van der Waals surface area contributed by atoms with Crippen LogP contribution in [0.15, 0.2) is 0 Å². The van der Waals surface area contributed by atoms with Crippen molar-refractivity contribution in [2.45, 2.75) is 38.8 Å². The number of hydrogen-bond donors (Lipinski definition) is 1. The standard InChI is InChI=1S/C11H16F3NO3/c1-2-10(9(17)18)4-3-5-15(7-10)8(16)6-11(12,13)14/h2-7H2,1H3,(H,17,18). The minimum absolute atomic E-state index is 0.131. The van der Waals surface area contributed by atoms with Gasteiger partial charge in [0.25, 0.3) is 0 Å². The van der Waals surface area contributed by atoms with Gasteiger partial charge in [0.2, 0.25) is 5.91 Å². The Hall–Kier alpha value is -1.27. The first kappa shape index (κ1) is 14.8. The summed E-state index contributed by atoms with van der Waals surface area (Å²) in [7, 11) is 0. The number of alkyl halides is 3. The molecule has 7 heteroatoms. The topological polar surface area (TPSA) is 57.6 Å². The maximum atomic E-state index is 12.1. The second-order valence-electron chi connectivity index (χ2n) is 4.65. The van der Waals surface area contributed by atoms with E-state index in [2.05, 4.69) is 0 Å². The number of rotatable bonds is 3. The molecule has 1 fully saturated rings. The molecule has 0 aromatic carbocycles. The van der Waals surface area contributed by atoms with Crippen molar-refractivity contribution in [1.82, 2.24) is 4.90 Å². The van der Waals surface area contributed by atoms with Crippen molar-refractivity contribution in [3.05, 3.63) is 0 Å². The van der Waals surface area contributed by atoms with Crippen LogP contribution < -0.4 is 0 Å². The van der Waals surface area contributed by atoms with E-state index >= 15 is 0 Å². The fourth-order valence-corrected chi connectivity index (χ4v) is 2.24. The number of amides is 1. The molecule has 4 nitrogen and oxygen atoms in total. The highest BCUT2D eigenvalue weighted by Crippen LogP contribution is 2.34. The maximum absolute atomic E-state index is 12.1. The summed E-state index contributed by atoms with van der Waals surface area (Å²) in [6.07, 6.45) is -4.95. The first-order valence-corrected chi connectivity index (χ1v) is 5.78. The predicted octanol–water partition coefficient (Wildman–Crippen LogP) is 2.04. The van der Waals surface area contributed by atoms with Gasteiger partial charge in [-0.2, -0.15) is 13.2 Å². The lowest BCUT2D eigenvalue weighted by molar-refractivity contribution is -0.166. The van der Waals surface area contributed by atoms with Crippen LogP contribution in [0.25, 0.3) is 0 Å². The van der Waals surface area contributed by atoms with Gasteiger partial charge in [0.15, 0.2) is 0 Å². The van der Waals surface area contributed by atoms with Gasteiger partial charge in [0, 0.05) is 13.1 Å². The maximum Gasteiger partial charge on any atom is 0.397 e. The van der Waals surface area contributed by atoms with Crippen molar-refractivity contribution < 1.29 is 27.9 Å². The number of halogens is 3. The Morgan fingerprint density at radius 3 is 2.44 bits per heavy atom. The Bertz CT molecular complexity index is 343. The highest BCUT2D eigenvalue weighted by atomic mass is 19.4. The number of piperidine rings is 1. The van der Waals surface area contributed by atoms with Crippen LogP contribution in [0.4, 0.5) is 13.2 Å². The molecule has 104 valence electrons. The summed E-state index contributed by atoms with van der Waals surface area (Å²) in [5.41, 5.74) is -1.10. The molecule has 1 N–H and O–H groups in total. The predicted molar refractivity (Wildman–Crippen MR) is 56.8 cm³/mol. The fraction of sp³-hybridized carbons (Fsp3) is 0.818. The Morgan fingerprint density at radius 2 is 2.00 bits per heavy atom. The van der Waals surface area contributed by atoms with Gasteiger partial charge in [-0.05, 0) is 19.3 Å². The number of carbonyl (C=O) groups excluding carboxylic acids is 1. The molecule has 0 saturated carbocycles. The molecule has 1 amide bonds. The molecule has 1 saturated heterocycles. The molecule has 1 aliphatic heterocycles. The highest BCUT2D eigenvalue weighted by molar-refractivity contribution is 5.80. The molecule has 0 spiro atoms. The molecule has 1 atom stereocenters. The zero-order valence-electron chi connectivity index (χ0n) is 10.1. The Morgan fingerprint density at radius 1 is 1.39 bits per heavy atom. The molecule has 18 heavy (non-hydrogen) atoms. The van der Waals surface area contributed by atoms with E-state index in [-0.39, 0.29) is 13.1 Å². The molecule has 1 rings (SSSR count). The molecule has 0 aliphatic carbocycles. The summed E-state index contributed by atoms with van der Waals surface area (Å²) in [6.45, 7) is 1.74. The average molecular weight is 267 g/mol. The van der Waals surface area contributed by atoms with E-state index < -0.39 is 29.9 Å². The van der Waals surface area contributed by atoms with Gasteiger partial charge in [0.1, 0.15) is 6.42 Å². The van der Waals surface area contributed by atoms with Crippen LogP contribution in [-0.4, -0.2) is 41.1 Å². The molecular weight excluding hydrogens is 251 g/mol. The molecule has 1 unspecified atom stereocenters. The molecule has 0 aromatic heterocycles. The minimum Gasteiger partial charge on any atom is -0.481 e. The molecule has 0 radical (unpaired) electrons. The van der Waals surface area contributed by atoms with Crippen molar-refractivity contribution >= 4 is 11.9 Å². The number of carboxylic acids is 1. The molecule has 1 aliphatic rings. The molecule has 0 bridgehead atoms. The van der Waals surface area contributed by atoms with Gasteiger partial charge in [-0.1, -0.05) is 6.92 Å². The molecule has 0 aromatic rings. The number of hydrogen-bond acceptors (Lipinski definition) is 2. The van der Waals surface area contributed by atoms with E-state index in [9.17, 15) is 22.8 Å². The fourth-order valence-electron chi connectivity index (χ4n) is 2.24. The summed E-state index contributed by atoms with van der Waals surface area (Å²) in [5.74, 6) is -2.09. The highest BCUT2D eigenvalue weighted by Gasteiger charge is 2.43. The van der Waals surface area contributed by atoms with Gasteiger partial charge in [-0.15, -0.1) is 0 Å². The molecule has 1 heterocycles. The second-order valence-corrected chi connectivity index (χ2v) is 4.65. The third kappa shape index (κ3) is 3.36. The summed E-state index contributed by atoms with van der Waals surface area (Å²) in [5, 5.41) is 9.16. The summed E-state index contributed by atoms with van der Waals surface area (Å²) in [6, 6.07) is 0. The number of likely N-dealkylation sites (tertiary alicyclic amines) is 1. The van der Waals surface area contributed by atoms with Crippen molar-refractivity contribution in [3.63, 3.8) is 0 Å². The van der Waals surface area contributed by atoms with Gasteiger partial charge in [0.05, 0.1) is 5.41 Å². The summed E-state index contributed by atoms with van der Waals surface area (Å²) >= 11 is 0. The van der Waals surface area contributed by atoms with E-state index in [1.54, 1.807) is 6.92 Å². The van der Waals surface area contributed by atoms with Crippen LogP contribution in [0, 0.1) is 5.41 Å². The van der Waals surface area contributed by atoms with E-state index in [0.29, 0.717) is 19.3 Å². The van der Waals surface area contributed by atoms with Crippen molar-refractivity contribution in [2.75, 3.05) is 13.1 Å². The van der Waals surface area contributed by atoms with E-state index in [1.165, 1.54) is 0 Å². The van der Waals surface area contributed by atoms with Crippen molar-refractivity contribution in [3.8, 4) is 0 Å². The minimum atomic E-state index is -4.55. The Kier molecular flexibility index (Phi) is 4.24. The lowest BCUT2D eigenvalue weighted by atomic mass is 9.77. The van der Waals surface area contributed by atoms with E-state index in [0.717, 1.165) is 4.90 Å². The van der Waals surface area contributed by atoms with E-state index in [1.807, 2.05) is 0 Å². The quantitative estimate of drug-likeness (QED) is 0.851. The van der Waals surface area contributed by atoms with Crippen LogP contribution in [0.5, 0.6) is 0 Å². The number of nitrogens with zero attached hydrogens (tertiary/aromatic N) is 1. The third-order valence-electron chi connectivity index (χ3n) is 3.41. The van der Waals surface area contributed by atoms with Gasteiger partial charge in [-0.3, -0.25) is 9.59 Å². The third-order valence-corrected chi connectivity index (χ3v) is 3.41. The van der Waals surface area contributed by atoms with Crippen molar-refractivity contribution in [2.24, 2.45) is 5.41 Å². The van der Waals surface area contributed by atoms with Crippen LogP contribution >= 0.6 is 0 Å². The normalized spacial score (nSPS) is 25.0.